The summed E-state index contributed by atoms with van der Waals surface area (Å²) in [5.74, 6) is -0.148. The van der Waals surface area contributed by atoms with Crippen molar-refractivity contribution in [1.29, 1.82) is 0 Å². The molecule has 176 valence electrons. The van der Waals surface area contributed by atoms with E-state index in [2.05, 4.69) is 49.2 Å². The minimum absolute atomic E-state index is 0.258. The van der Waals surface area contributed by atoms with Crippen molar-refractivity contribution in [1.82, 2.24) is 9.88 Å². The Balaban J connectivity index is 1.40. The van der Waals surface area contributed by atoms with E-state index in [0.717, 1.165) is 53.3 Å². The number of fused-ring (bicyclic) bond motifs is 1. The first kappa shape index (κ1) is 22.8. The summed E-state index contributed by atoms with van der Waals surface area (Å²) in [6.45, 7) is 4.64. The number of aryl methyl sites for hydroxylation is 1. The SMILES string of the molecule is Cc1ccc(OCc2ccc3c(c2)CCN(C)C3)c(-c2cccc(-c3ccc(C(=O)O)cc3)n2)c1. The summed E-state index contributed by atoms with van der Waals surface area (Å²) in [7, 11) is 2.16. The van der Waals surface area contributed by atoms with Gasteiger partial charge in [-0.3, -0.25) is 0 Å². The summed E-state index contributed by atoms with van der Waals surface area (Å²) in [6.07, 6.45) is 1.07. The third-order valence-corrected chi connectivity index (χ3v) is 6.46. The second kappa shape index (κ2) is 9.72. The molecule has 0 aliphatic carbocycles. The molecule has 0 unspecified atom stereocenters. The largest absolute Gasteiger partial charge is 0.488 e. The molecule has 0 atom stereocenters. The highest BCUT2D eigenvalue weighted by atomic mass is 16.5. The van der Waals surface area contributed by atoms with Gasteiger partial charge in [0.15, 0.2) is 0 Å². The summed E-state index contributed by atoms with van der Waals surface area (Å²) >= 11 is 0. The second-order valence-electron chi connectivity index (χ2n) is 9.17. The number of hydrogen-bond donors (Lipinski definition) is 1. The van der Waals surface area contributed by atoms with Crippen molar-refractivity contribution in [3.8, 4) is 28.3 Å². The van der Waals surface area contributed by atoms with Gasteiger partial charge in [0, 0.05) is 24.2 Å². The van der Waals surface area contributed by atoms with E-state index in [9.17, 15) is 4.79 Å². The smallest absolute Gasteiger partial charge is 0.335 e. The summed E-state index contributed by atoms with van der Waals surface area (Å²) in [5.41, 5.74) is 8.77. The maximum absolute atomic E-state index is 11.2. The van der Waals surface area contributed by atoms with Gasteiger partial charge in [-0.2, -0.15) is 0 Å². The highest BCUT2D eigenvalue weighted by molar-refractivity contribution is 5.88. The molecule has 3 aromatic carbocycles. The molecule has 5 heteroatoms. The fraction of sp³-hybridized carbons (Fsp3) is 0.200. The summed E-state index contributed by atoms with van der Waals surface area (Å²) in [4.78, 5) is 18.4. The van der Waals surface area contributed by atoms with Crippen molar-refractivity contribution in [2.24, 2.45) is 0 Å². The van der Waals surface area contributed by atoms with Crippen molar-refractivity contribution in [3.05, 3.63) is 107 Å². The molecule has 0 saturated heterocycles. The standard InChI is InChI=1S/C30H28N2O3/c1-20-6-13-29(35-19-21-7-8-25-18-32(2)15-14-24(25)17-21)26(16-20)28-5-3-4-27(31-28)22-9-11-23(12-10-22)30(33)34/h3-13,16-17H,14-15,18-19H2,1-2H3,(H,33,34). The molecule has 0 bridgehead atoms. The first-order valence-electron chi connectivity index (χ1n) is 11.8. The Bertz CT molecular complexity index is 1380. The van der Waals surface area contributed by atoms with E-state index in [1.807, 2.05) is 24.3 Å². The number of aromatic nitrogens is 1. The average Bonchev–Trinajstić information content (AvgIpc) is 2.88. The van der Waals surface area contributed by atoms with Gasteiger partial charge in [-0.1, -0.05) is 48.0 Å². The monoisotopic (exact) mass is 464 g/mol. The van der Waals surface area contributed by atoms with Gasteiger partial charge in [-0.15, -0.1) is 0 Å². The van der Waals surface area contributed by atoms with Crippen LogP contribution in [-0.2, 0) is 19.6 Å². The molecule has 1 aliphatic heterocycles. The van der Waals surface area contributed by atoms with Crippen molar-refractivity contribution in [2.45, 2.75) is 26.5 Å². The highest BCUT2D eigenvalue weighted by Crippen LogP contribution is 2.32. The molecule has 1 aromatic heterocycles. The minimum atomic E-state index is -0.939. The first-order chi connectivity index (χ1) is 17.0. The number of carboxylic acids is 1. The van der Waals surface area contributed by atoms with Crippen LogP contribution in [0.1, 0.15) is 32.6 Å². The number of carbonyl (C=O) groups is 1. The van der Waals surface area contributed by atoms with Crippen LogP contribution in [0.3, 0.4) is 0 Å². The van der Waals surface area contributed by atoms with Crippen LogP contribution >= 0.6 is 0 Å². The van der Waals surface area contributed by atoms with Gasteiger partial charge >= 0.3 is 5.97 Å². The van der Waals surface area contributed by atoms with Crippen LogP contribution in [0.4, 0.5) is 0 Å². The van der Waals surface area contributed by atoms with E-state index in [4.69, 9.17) is 14.8 Å². The number of pyridine rings is 1. The van der Waals surface area contributed by atoms with Crippen LogP contribution in [-0.4, -0.2) is 34.6 Å². The molecular formula is C30H28N2O3. The van der Waals surface area contributed by atoms with Gasteiger partial charge in [0.2, 0.25) is 0 Å². The summed E-state index contributed by atoms with van der Waals surface area (Å²) in [6, 6.07) is 25.5. The van der Waals surface area contributed by atoms with E-state index in [1.165, 1.54) is 16.7 Å². The van der Waals surface area contributed by atoms with Gasteiger partial charge in [0.1, 0.15) is 12.4 Å². The zero-order valence-corrected chi connectivity index (χ0v) is 20.0. The fourth-order valence-electron chi connectivity index (χ4n) is 4.50. The van der Waals surface area contributed by atoms with Crippen LogP contribution in [0, 0.1) is 6.92 Å². The Labute approximate surface area is 205 Å². The fourth-order valence-corrected chi connectivity index (χ4v) is 4.50. The number of ether oxygens (including phenoxy) is 1. The van der Waals surface area contributed by atoms with Crippen LogP contribution < -0.4 is 4.74 Å². The van der Waals surface area contributed by atoms with Crippen LogP contribution in [0.15, 0.2) is 78.9 Å². The van der Waals surface area contributed by atoms with E-state index in [0.29, 0.717) is 6.61 Å². The Hall–Kier alpha value is -3.96. The zero-order chi connectivity index (χ0) is 24.4. The number of hydrogen-bond acceptors (Lipinski definition) is 4. The van der Waals surface area contributed by atoms with Crippen LogP contribution in [0.2, 0.25) is 0 Å². The Morgan fingerprint density at radius 3 is 2.57 bits per heavy atom. The number of likely N-dealkylation sites (N-methyl/N-ethyl adjacent to an activating group) is 1. The molecule has 5 rings (SSSR count). The highest BCUT2D eigenvalue weighted by Gasteiger charge is 2.15. The molecule has 0 amide bonds. The predicted octanol–water partition coefficient (Wildman–Crippen LogP) is 5.99. The van der Waals surface area contributed by atoms with Gasteiger partial charge in [-0.25, -0.2) is 9.78 Å². The maximum atomic E-state index is 11.2. The molecule has 1 aliphatic rings. The average molecular weight is 465 g/mol. The van der Waals surface area contributed by atoms with Crippen molar-refractivity contribution >= 4 is 5.97 Å². The van der Waals surface area contributed by atoms with Crippen LogP contribution in [0.25, 0.3) is 22.5 Å². The van der Waals surface area contributed by atoms with E-state index < -0.39 is 5.97 Å². The lowest BCUT2D eigenvalue weighted by atomic mass is 9.98. The third-order valence-electron chi connectivity index (χ3n) is 6.46. The van der Waals surface area contributed by atoms with Crippen LogP contribution in [0.5, 0.6) is 5.75 Å². The summed E-state index contributed by atoms with van der Waals surface area (Å²) < 4.78 is 6.32. The molecule has 0 fully saturated rings. The molecule has 0 saturated carbocycles. The lowest BCUT2D eigenvalue weighted by Gasteiger charge is -2.25. The van der Waals surface area contributed by atoms with E-state index >= 15 is 0 Å². The number of aromatic carboxylic acids is 1. The van der Waals surface area contributed by atoms with Crippen molar-refractivity contribution < 1.29 is 14.6 Å². The Morgan fingerprint density at radius 2 is 1.77 bits per heavy atom. The molecule has 1 N–H and O–H groups in total. The normalized spacial score (nSPS) is 13.3. The lowest BCUT2D eigenvalue weighted by Crippen LogP contribution is -2.26. The maximum Gasteiger partial charge on any atom is 0.335 e. The Kier molecular flexibility index (Phi) is 6.34. The number of nitrogens with zero attached hydrogens (tertiary/aromatic N) is 2. The molecule has 2 heterocycles. The molecule has 4 aromatic rings. The molecule has 0 spiro atoms. The van der Waals surface area contributed by atoms with E-state index in [1.54, 1.807) is 24.3 Å². The third kappa shape index (κ3) is 5.10. The molecular weight excluding hydrogens is 436 g/mol. The van der Waals surface area contributed by atoms with Crippen molar-refractivity contribution in [2.75, 3.05) is 13.6 Å². The quantitative estimate of drug-likeness (QED) is 0.380. The molecule has 35 heavy (non-hydrogen) atoms. The number of benzene rings is 3. The van der Waals surface area contributed by atoms with Gasteiger partial charge in [0.25, 0.3) is 0 Å². The van der Waals surface area contributed by atoms with Gasteiger partial charge in [0.05, 0.1) is 17.0 Å². The van der Waals surface area contributed by atoms with Gasteiger partial charge in [-0.05, 0) is 73.5 Å². The summed E-state index contributed by atoms with van der Waals surface area (Å²) in [5, 5.41) is 9.17. The predicted molar refractivity (Wildman–Crippen MR) is 138 cm³/mol. The first-order valence-corrected chi connectivity index (χ1v) is 11.8. The number of rotatable bonds is 6. The zero-order valence-electron chi connectivity index (χ0n) is 20.0. The number of carboxylic acid groups (broad SMARTS) is 1. The lowest BCUT2D eigenvalue weighted by molar-refractivity contribution is 0.0697. The van der Waals surface area contributed by atoms with Gasteiger partial charge < -0.3 is 14.7 Å². The molecule has 5 nitrogen and oxygen atoms in total. The van der Waals surface area contributed by atoms with E-state index in [-0.39, 0.29) is 5.56 Å². The molecule has 0 radical (unpaired) electrons. The second-order valence-corrected chi connectivity index (χ2v) is 9.17. The topological polar surface area (TPSA) is 62.7 Å². The van der Waals surface area contributed by atoms with Crippen molar-refractivity contribution in [3.63, 3.8) is 0 Å². The minimum Gasteiger partial charge on any atom is -0.488 e. The Morgan fingerprint density at radius 1 is 0.971 bits per heavy atom.